The minimum atomic E-state index is 0. The van der Waals surface area contributed by atoms with Crippen molar-refractivity contribution in [3.8, 4) is 0 Å². The molecule has 1 fully saturated rings. The van der Waals surface area contributed by atoms with Crippen molar-refractivity contribution < 1.29 is 4.79 Å². The predicted octanol–water partition coefficient (Wildman–Crippen LogP) is 2.62. The Morgan fingerprint density at radius 1 is 1.35 bits per heavy atom. The SMILES string of the molecule is CCCNC(=O)CCNC(=NC)NC1CCN(c2cccc(Cl)c2)C1.I. The van der Waals surface area contributed by atoms with Crippen molar-refractivity contribution in [3.05, 3.63) is 29.3 Å². The minimum Gasteiger partial charge on any atom is -0.369 e. The molecule has 6 nitrogen and oxygen atoms in total. The number of guanidine groups is 1. The van der Waals surface area contributed by atoms with Crippen molar-refractivity contribution in [1.82, 2.24) is 16.0 Å². The second-order valence-electron chi connectivity index (χ2n) is 6.15. The predicted molar refractivity (Wildman–Crippen MR) is 120 cm³/mol. The zero-order chi connectivity index (χ0) is 18.1. The summed E-state index contributed by atoms with van der Waals surface area (Å²) in [5, 5.41) is 10.3. The number of amides is 1. The number of nitrogens with zero attached hydrogens (tertiary/aromatic N) is 2. The van der Waals surface area contributed by atoms with Crippen LogP contribution in [0.15, 0.2) is 29.3 Å². The molecular formula is C18H29ClIN5O. The van der Waals surface area contributed by atoms with Crippen molar-refractivity contribution in [2.75, 3.05) is 38.1 Å². The van der Waals surface area contributed by atoms with Gasteiger partial charge in [-0.2, -0.15) is 0 Å². The molecule has 1 saturated heterocycles. The molecule has 0 saturated carbocycles. The van der Waals surface area contributed by atoms with E-state index in [0.29, 0.717) is 19.0 Å². The van der Waals surface area contributed by atoms with Crippen LogP contribution in [0.3, 0.4) is 0 Å². The summed E-state index contributed by atoms with van der Waals surface area (Å²) in [6.07, 6.45) is 2.43. The molecule has 146 valence electrons. The zero-order valence-electron chi connectivity index (χ0n) is 15.4. The summed E-state index contributed by atoms with van der Waals surface area (Å²) in [7, 11) is 1.75. The van der Waals surface area contributed by atoms with Gasteiger partial charge in [-0.1, -0.05) is 24.6 Å². The molecule has 26 heavy (non-hydrogen) atoms. The molecule has 1 heterocycles. The zero-order valence-corrected chi connectivity index (χ0v) is 18.5. The van der Waals surface area contributed by atoms with Gasteiger partial charge in [0.1, 0.15) is 0 Å². The molecule has 2 rings (SSSR count). The summed E-state index contributed by atoms with van der Waals surface area (Å²) >= 11 is 6.08. The van der Waals surface area contributed by atoms with E-state index in [1.807, 2.05) is 25.1 Å². The molecule has 1 aliphatic heterocycles. The van der Waals surface area contributed by atoms with Crippen molar-refractivity contribution in [2.24, 2.45) is 4.99 Å². The number of carbonyl (C=O) groups is 1. The lowest BCUT2D eigenvalue weighted by Gasteiger charge is -2.20. The van der Waals surface area contributed by atoms with Crippen molar-refractivity contribution >= 4 is 53.1 Å². The normalized spacial score (nSPS) is 16.8. The first-order valence-electron chi connectivity index (χ1n) is 8.86. The summed E-state index contributed by atoms with van der Waals surface area (Å²) in [6.45, 7) is 5.22. The monoisotopic (exact) mass is 493 g/mol. The first-order valence-corrected chi connectivity index (χ1v) is 9.24. The van der Waals surface area contributed by atoms with E-state index >= 15 is 0 Å². The number of benzene rings is 1. The maximum atomic E-state index is 11.6. The van der Waals surface area contributed by atoms with Crippen LogP contribution in [0, 0.1) is 0 Å². The van der Waals surface area contributed by atoms with Gasteiger partial charge in [0, 0.05) is 56.4 Å². The fourth-order valence-corrected chi connectivity index (χ4v) is 3.01. The van der Waals surface area contributed by atoms with Crippen LogP contribution in [0.2, 0.25) is 5.02 Å². The molecule has 1 unspecified atom stereocenters. The van der Waals surface area contributed by atoms with Crippen LogP contribution >= 0.6 is 35.6 Å². The third-order valence-electron chi connectivity index (χ3n) is 4.14. The second kappa shape index (κ2) is 12.2. The van der Waals surface area contributed by atoms with Crippen LogP contribution < -0.4 is 20.9 Å². The van der Waals surface area contributed by atoms with Gasteiger partial charge in [-0.3, -0.25) is 9.79 Å². The lowest BCUT2D eigenvalue weighted by atomic mass is 10.2. The molecule has 0 aromatic heterocycles. The number of hydrogen-bond acceptors (Lipinski definition) is 3. The van der Waals surface area contributed by atoms with Crippen LogP contribution in [0.25, 0.3) is 0 Å². The lowest BCUT2D eigenvalue weighted by Crippen LogP contribution is -2.45. The first-order chi connectivity index (χ1) is 12.1. The second-order valence-corrected chi connectivity index (χ2v) is 6.59. The fourth-order valence-electron chi connectivity index (χ4n) is 2.82. The van der Waals surface area contributed by atoms with Crippen LogP contribution in [0.1, 0.15) is 26.2 Å². The van der Waals surface area contributed by atoms with Gasteiger partial charge in [0.2, 0.25) is 5.91 Å². The molecular weight excluding hydrogens is 465 g/mol. The molecule has 0 radical (unpaired) electrons. The molecule has 8 heteroatoms. The summed E-state index contributed by atoms with van der Waals surface area (Å²) in [6, 6.07) is 8.25. The van der Waals surface area contributed by atoms with Crippen LogP contribution in [-0.4, -0.2) is 51.1 Å². The summed E-state index contributed by atoms with van der Waals surface area (Å²) in [4.78, 5) is 18.2. The molecule has 0 bridgehead atoms. The maximum absolute atomic E-state index is 11.6. The lowest BCUT2D eigenvalue weighted by molar-refractivity contribution is -0.120. The molecule has 1 aromatic rings. The van der Waals surface area contributed by atoms with Gasteiger partial charge in [0.15, 0.2) is 5.96 Å². The first kappa shape index (κ1) is 22.8. The van der Waals surface area contributed by atoms with E-state index in [1.165, 1.54) is 0 Å². The van der Waals surface area contributed by atoms with Gasteiger partial charge in [-0.05, 0) is 31.0 Å². The number of rotatable bonds is 7. The number of aliphatic imine (C=N–C) groups is 1. The number of nitrogens with one attached hydrogen (secondary N) is 3. The van der Waals surface area contributed by atoms with E-state index < -0.39 is 0 Å². The van der Waals surface area contributed by atoms with Gasteiger partial charge < -0.3 is 20.9 Å². The van der Waals surface area contributed by atoms with Gasteiger partial charge in [-0.15, -0.1) is 24.0 Å². The Labute approximate surface area is 178 Å². The maximum Gasteiger partial charge on any atom is 0.221 e. The smallest absolute Gasteiger partial charge is 0.221 e. The Hall–Kier alpha value is -1.22. The topological polar surface area (TPSA) is 68.8 Å². The van der Waals surface area contributed by atoms with E-state index in [9.17, 15) is 4.79 Å². The van der Waals surface area contributed by atoms with Gasteiger partial charge in [0.25, 0.3) is 0 Å². The molecule has 3 N–H and O–H groups in total. The molecule has 1 amide bonds. The standard InChI is InChI=1S/C18H28ClN5O.HI/c1-3-9-21-17(25)7-10-22-18(20-2)23-15-8-11-24(13-15)16-6-4-5-14(19)12-16;/h4-6,12,15H,3,7-11,13H2,1-2H3,(H,21,25)(H2,20,22,23);1H. The van der Waals surface area contributed by atoms with Gasteiger partial charge >= 0.3 is 0 Å². The Morgan fingerprint density at radius 3 is 2.85 bits per heavy atom. The third kappa shape index (κ3) is 7.57. The highest BCUT2D eigenvalue weighted by molar-refractivity contribution is 14.0. The van der Waals surface area contributed by atoms with Crippen LogP contribution in [0.4, 0.5) is 5.69 Å². The van der Waals surface area contributed by atoms with E-state index in [0.717, 1.165) is 49.1 Å². The fraction of sp³-hybridized carbons (Fsp3) is 0.556. The van der Waals surface area contributed by atoms with Gasteiger partial charge in [0.05, 0.1) is 0 Å². The summed E-state index contributed by atoms with van der Waals surface area (Å²) in [5.41, 5.74) is 1.15. The molecule has 0 aliphatic carbocycles. The Balaban J connectivity index is 0.00000338. The largest absolute Gasteiger partial charge is 0.369 e. The highest BCUT2D eigenvalue weighted by Crippen LogP contribution is 2.23. The Kier molecular flexibility index (Phi) is 10.7. The van der Waals surface area contributed by atoms with Crippen molar-refractivity contribution in [1.29, 1.82) is 0 Å². The summed E-state index contributed by atoms with van der Waals surface area (Å²) < 4.78 is 0. The molecule has 0 spiro atoms. The molecule has 1 aliphatic rings. The molecule has 1 atom stereocenters. The highest BCUT2D eigenvalue weighted by atomic mass is 127. The number of halogens is 2. The highest BCUT2D eigenvalue weighted by Gasteiger charge is 2.23. The minimum absolute atomic E-state index is 0. The van der Waals surface area contributed by atoms with Crippen molar-refractivity contribution in [2.45, 2.75) is 32.2 Å². The van der Waals surface area contributed by atoms with Crippen LogP contribution in [0.5, 0.6) is 0 Å². The van der Waals surface area contributed by atoms with E-state index in [1.54, 1.807) is 7.05 Å². The average Bonchev–Trinajstić information content (AvgIpc) is 3.07. The van der Waals surface area contributed by atoms with E-state index in [-0.39, 0.29) is 29.9 Å². The average molecular weight is 494 g/mol. The Bertz CT molecular complexity index is 599. The third-order valence-corrected chi connectivity index (χ3v) is 4.38. The van der Waals surface area contributed by atoms with Crippen LogP contribution in [-0.2, 0) is 4.79 Å². The number of hydrogen-bond donors (Lipinski definition) is 3. The number of anilines is 1. The number of carbonyl (C=O) groups excluding carboxylic acids is 1. The quantitative estimate of drug-likeness (QED) is 0.310. The van der Waals surface area contributed by atoms with Gasteiger partial charge in [-0.25, -0.2) is 0 Å². The van der Waals surface area contributed by atoms with E-state index in [4.69, 9.17) is 11.6 Å². The van der Waals surface area contributed by atoms with Crippen molar-refractivity contribution in [3.63, 3.8) is 0 Å². The summed E-state index contributed by atoms with van der Waals surface area (Å²) in [5.74, 6) is 0.805. The molecule has 1 aromatic carbocycles. The Morgan fingerprint density at radius 2 is 2.15 bits per heavy atom. The van der Waals surface area contributed by atoms with E-state index in [2.05, 4.69) is 31.9 Å².